The van der Waals surface area contributed by atoms with Crippen LogP contribution in [0.25, 0.3) is 0 Å². The molecule has 0 saturated carbocycles. The molecule has 0 aromatic heterocycles. The molecule has 2 amide bonds. The first-order valence-corrected chi connectivity index (χ1v) is 5.60. The highest BCUT2D eigenvalue weighted by molar-refractivity contribution is 5.94. The van der Waals surface area contributed by atoms with E-state index in [0.717, 1.165) is 0 Å². The zero-order chi connectivity index (χ0) is 13.5. The van der Waals surface area contributed by atoms with Crippen molar-refractivity contribution < 1.29 is 14.3 Å². The molecule has 5 N–H and O–H groups in total. The minimum atomic E-state index is -0.540. The lowest BCUT2D eigenvalue weighted by atomic mass is 10.2. The van der Waals surface area contributed by atoms with Crippen LogP contribution in [0.3, 0.4) is 0 Å². The van der Waals surface area contributed by atoms with E-state index in [9.17, 15) is 9.59 Å². The Hall–Kier alpha value is -2.08. The summed E-state index contributed by atoms with van der Waals surface area (Å²) < 4.78 is 5.08. The number of amides is 2. The molecule has 1 rings (SSSR count). The molecule has 0 saturated heterocycles. The standard InChI is InChI=1S/C12H17N3O3/c1-2-10(13)12(17)15-8-3-5-9(6-4-8)18-7-11(14)16/h3-6,10H,2,7,13H2,1H3,(H2,14,16)(H,15,17)/t10-/m1/s1. The maximum Gasteiger partial charge on any atom is 0.255 e. The summed E-state index contributed by atoms with van der Waals surface area (Å²) in [5, 5.41) is 2.67. The van der Waals surface area contributed by atoms with E-state index < -0.39 is 11.9 Å². The predicted octanol–water partition coefficient (Wildman–Crippen LogP) is 0.227. The second-order valence-corrected chi connectivity index (χ2v) is 3.78. The molecule has 0 heterocycles. The molecule has 0 radical (unpaired) electrons. The molecule has 0 unspecified atom stereocenters. The van der Waals surface area contributed by atoms with Crippen LogP contribution in [-0.4, -0.2) is 24.5 Å². The first kappa shape index (κ1) is 14.0. The molecule has 1 aromatic rings. The van der Waals surface area contributed by atoms with E-state index in [2.05, 4.69) is 5.32 Å². The van der Waals surface area contributed by atoms with Crippen LogP contribution >= 0.6 is 0 Å². The van der Waals surface area contributed by atoms with Gasteiger partial charge in [0.25, 0.3) is 5.91 Å². The smallest absolute Gasteiger partial charge is 0.255 e. The highest BCUT2D eigenvalue weighted by Gasteiger charge is 2.10. The zero-order valence-electron chi connectivity index (χ0n) is 10.2. The highest BCUT2D eigenvalue weighted by Crippen LogP contribution is 2.15. The van der Waals surface area contributed by atoms with E-state index in [1.165, 1.54) is 0 Å². The number of rotatable bonds is 6. The molecule has 0 fully saturated rings. The average Bonchev–Trinajstić information content (AvgIpc) is 2.36. The SMILES string of the molecule is CC[C@@H](N)C(=O)Nc1ccc(OCC(N)=O)cc1. The summed E-state index contributed by atoms with van der Waals surface area (Å²) in [6.07, 6.45) is 0.575. The number of nitrogens with two attached hydrogens (primary N) is 2. The maximum atomic E-state index is 11.5. The summed E-state index contributed by atoms with van der Waals surface area (Å²) in [5.41, 5.74) is 11.2. The van der Waals surface area contributed by atoms with Crippen molar-refractivity contribution in [1.82, 2.24) is 0 Å². The van der Waals surface area contributed by atoms with Crippen LogP contribution in [0.5, 0.6) is 5.75 Å². The third-order valence-electron chi connectivity index (χ3n) is 2.28. The summed E-state index contributed by atoms with van der Waals surface area (Å²) in [7, 11) is 0. The normalized spacial score (nSPS) is 11.7. The molecule has 6 heteroatoms. The fourth-order valence-electron chi connectivity index (χ4n) is 1.21. The molecular weight excluding hydrogens is 234 g/mol. The largest absolute Gasteiger partial charge is 0.484 e. The van der Waals surface area contributed by atoms with Crippen LogP contribution in [0.2, 0.25) is 0 Å². The summed E-state index contributed by atoms with van der Waals surface area (Å²) >= 11 is 0. The second-order valence-electron chi connectivity index (χ2n) is 3.78. The van der Waals surface area contributed by atoms with Crippen LogP contribution in [0.1, 0.15) is 13.3 Å². The van der Waals surface area contributed by atoms with Crippen molar-refractivity contribution in [1.29, 1.82) is 0 Å². The third kappa shape index (κ3) is 4.42. The molecule has 0 aliphatic heterocycles. The van der Waals surface area contributed by atoms with Crippen LogP contribution in [0.15, 0.2) is 24.3 Å². The van der Waals surface area contributed by atoms with Gasteiger partial charge in [0.1, 0.15) is 5.75 Å². The molecule has 0 aliphatic carbocycles. The number of ether oxygens (including phenoxy) is 1. The minimum absolute atomic E-state index is 0.174. The van der Waals surface area contributed by atoms with Gasteiger partial charge < -0.3 is 21.5 Å². The van der Waals surface area contributed by atoms with Crippen LogP contribution in [-0.2, 0) is 9.59 Å². The van der Waals surface area contributed by atoms with Gasteiger partial charge in [0.2, 0.25) is 5.91 Å². The molecule has 0 spiro atoms. The average molecular weight is 251 g/mol. The Balaban J connectivity index is 2.55. The van der Waals surface area contributed by atoms with Crippen molar-refractivity contribution in [3.63, 3.8) is 0 Å². The van der Waals surface area contributed by atoms with E-state index in [0.29, 0.717) is 17.9 Å². The van der Waals surface area contributed by atoms with Crippen molar-refractivity contribution in [3.05, 3.63) is 24.3 Å². The van der Waals surface area contributed by atoms with E-state index in [1.807, 2.05) is 6.92 Å². The maximum absolute atomic E-state index is 11.5. The van der Waals surface area contributed by atoms with Crippen molar-refractivity contribution >= 4 is 17.5 Å². The van der Waals surface area contributed by atoms with E-state index in [1.54, 1.807) is 24.3 Å². The lowest BCUT2D eigenvalue weighted by molar-refractivity contribution is -0.120. The molecular formula is C12H17N3O3. The van der Waals surface area contributed by atoms with E-state index in [-0.39, 0.29) is 12.5 Å². The van der Waals surface area contributed by atoms with Gasteiger partial charge in [-0.2, -0.15) is 0 Å². The van der Waals surface area contributed by atoms with Crippen molar-refractivity contribution in [2.24, 2.45) is 11.5 Å². The van der Waals surface area contributed by atoms with E-state index >= 15 is 0 Å². The van der Waals surface area contributed by atoms with Gasteiger partial charge in [-0.3, -0.25) is 9.59 Å². The summed E-state index contributed by atoms with van der Waals surface area (Å²) in [6, 6.07) is 6.08. The van der Waals surface area contributed by atoms with Gasteiger partial charge in [0.05, 0.1) is 6.04 Å². The summed E-state index contributed by atoms with van der Waals surface area (Å²) in [5.74, 6) is -0.267. The van der Waals surface area contributed by atoms with Crippen LogP contribution in [0, 0.1) is 0 Å². The number of nitrogens with one attached hydrogen (secondary N) is 1. The van der Waals surface area contributed by atoms with Gasteiger partial charge in [-0.05, 0) is 30.7 Å². The topological polar surface area (TPSA) is 107 Å². The quantitative estimate of drug-likeness (QED) is 0.672. The number of anilines is 1. The van der Waals surface area contributed by atoms with Crippen molar-refractivity contribution in [3.8, 4) is 5.75 Å². The third-order valence-corrected chi connectivity index (χ3v) is 2.28. The van der Waals surface area contributed by atoms with Gasteiger partial charge >= 0.3 is 0 Å². The second kappa shape index (κ2) is 6.61. The Morgan fingerprint density at radius 2 is 1.94 bits per heavy atom. The number of benzene rings is 1. The first-order chi connectivity index (χ1) is 8.52. The number of hydrogen-bond acceptors (Lipinski definition) is 4. The Morgan fingerprint density at radius 1 is 1.33 bits per heavy atom. The minimum Gasteiger partial charge on any atom is -0.484 e. The molecule has 98 valence electrons. The highest BCUT2D eigenvalue weighted by atomic mass is 16.5. The Labute approximate surface area is 105 Å². The lowest BCUT2D eigenvalue weighted by Crippen LogP contribution is -2.34. The van der Waals surface area contributed by atoms with Gasteiger partial charge in [-0.1, -0.05) is 6.92 Å². The molecule has 1 aromatic carbocycles. The Morgan fingerprint density at radius 3 is 2.44 bits per heavy atom. The number of carbonyl (C=O) groups excluding carboxylic acids is 2. The summed E-state index contributed by atoms with van der Waals surface area (Å²) in [6.45, 7) is 1.66. The fourth-order valence-corrected chi connectivity index (χ4v) is 1.21. The number of hydrogen-bond donors (Lipinski definition) is 3. The Bertz CT molecular complexity index is 417. The Kier molecular flexibility index (Phi) is 5.13. The van der Waals surface area contributed by atoms with Gasteiger partial charge in [-0.15, -0.1) is 0 Å². The molecule has 18 heavy (non-hydrogen) atoms. The predicted molar refractivity (Wildman–Crippen MR) is 68.0 cm³/mol. The van der Waals surface area contributed by atoms with Gasteiger partial charge in [0.15, 0.2) is 6.61 Å². The molecule has 1 atom stereocenters. The lowest BCUT2D eigenvalue weighted by Gasteiger charge is -2.10. The van der Waals surface area contributed by atoms with Crippen molar-refractivity contribution in [2.45, 2.75) is 19.4 Å². The number of carbonyl (C=O) groups is 2. The van der Waals surface area contributed by atoms with Crippen LogP contribution in [0.4, 0.5) is 5.69 Å². The molecule has 6 nitrogen and oxygen atoms in total. The van der Waals surface area contributed by atoms with E-state index in [4.69, 9.17) is 16.2 Å². The molecule has 0 aliphatic rings. The first-order valence-electron chi connectivity index (χ1n) is 5.60. The zero-order valence-corrected chi connectivity index (χ0v) is 10.2. The summed E-state index contributed by atoms with van der Waals surface area (Å²) in [4.78, 5) is 22.0. The van der Waals surface area contributed by atoms with Crippen LogP contribution < -0.4 is 21.5 Å². The van der Waals surface area contributed by atoms with Crippen molar-refractivity contribution in [2.75, 3.05) is 11.9 Å². The van der Waals surface area contributed by atoms with Gasteiger partial charge in [-0.25, -0.2) is 0 Å². The monoisotopic (exact) mass is 251 g/mol. The molecule has 0 bridgehead atoms. The van der Waals surface area contributed by atoms with Gasteiger partial charge in [0, 0.05) is 5.69 Å². The fraction of sp³-hybridized carbons (Fsp3) is 0.333. The number of primary amides is 1.